The van der Waals surface area contributed by atoms with Gasteiger partial charge in [-0.3, -0.25) is 0 Å². The summed E-state index contributed by atoms with van der Waals surface area (Å²) < 4.78 is 0. The van der Waals surface area contributed by atoms with Crippen LogP contribution in [0.4, 0.5) is 11.4 Å². The average Bonchev–Trinajstić information content (AvgIpc) is 2.84. The van der Waals surface area contributed by atoms with E-state index in [1.165, 1.54) is 43.4 Å². The molecule has 6 aromatic carbocycles. The number of hydrogen-bond acceptors (Lipinski definition) is 1. The Morgan fingerprint density at radius 2 is 1.06 bits per heavy atom. The highest BCUT2D eigenvalue weighted by Gasteiger charge is 2.08. The van der Waals surface area contributed by atoms with Crippen LogP contribution >= 0.6 is 0 Å². The molecule has 0 aromatic heterocycles. The minimum Gasteiger partial charge on any atom is -0.355 e. The molecule has 0 aliphatic rings. The Labute approximate surface area is 181 Å². The number of hydrogen-bond donors (Lipinski definition) is 1. The van der Waals surface area contributed by atoms with E-state index < -0.39 is 0 Å². The second-order valence-corrected chi connectivity index (χ2v) is 7.92. The van der Waals surface area contributed by atoms with Crippen LogP contribution in [0.25, 0.3) is 43.4 Å². The monoisotopic (exact) mass is 395 g/mol. The first-order chi connectivity index (χ1) is 15.4. The van der Waals surface area contributed by atoms with Crippen molar-refractivity contribution in [2.24, 2.45) is 0 Å². The Bertz CT molecular complexity index is 1550. The summed E-state index contributed by atoms with van der Waals surface area (Å²) in [5.41, 5.74) is 4.62. The average molecular weight is 396 g/mol. The summed E-state index contributed by atoms with van der Waals surface area (Å²) in [7, 11) is 0. The van der Waals surface area contributed by atoms with E-state index in [2.05, 4.69) is 127 Å². The van der Waals surface area contributed by atoms with Crippen molar-refractivity contribution in [1.82, 2.24) is 0 Å². The van der Waals surface area contributed by atoms with Crippen LogP contribution in [0.3, 0.4) is 0 Å². The second kappa shape index (κ2) is 7.30. The van der Waals surface area contributed by atoms with Crippen LogP contribution in [0, 0.1) is 0 Å². The molecule has 0 amide bonds. The number of para-hydroxylation sites is 1. The third-order valence-electron chi connectivity index (χ3n) is 6.03. The van der Waals surface area contributed by atoms with Crippen LogP contribution in [0.5, 0.6) is 0 Å². The van der Waals surface area contributed by atoms with Gasteiger partial charge in [0.05, 0.1) is 0 Å². The maximum absolute atomic E-state index is 3.67. The third-order valence-corrected chi connectivity index (χ3v) is 6.03. The lowest BCUT2D eigenvalue weighted by molar-refractivity contribution is 1.55. The third kappa shape index (κ3) is 3.12. The normalized spacial score (nSPS) is 11.2. The predicted octanol–water partition coefficient (Wildman–Crippen LogP) is 8.56. The first-order valence-electron chi connectivity index (χ1n) is 10.6. The Kier molecular flexibility index (Phi) is 4.18. The van der Waals surface area contributed by atoms with Crippen LogP contribution in [0.1, 0.15) is 0 Å². The van der Waals surface area contributed by atoms with Crippen molar-refractivity contribution in [1.29, 1.82) is 0 Å². The second-order valence-electron chi connectivity index (χ2n) is 7.92. The highest BCUT2D eigenvalue weighted by Crippen LogP contribution is 2.35. The van der Waals surface area contributed by atoms with Crippen molar-refractivity contribution in [3.63, 3.8) is 0 Å². The Morgan fingerprint density at radius 3 is 1.94 bits per heavy atom. The molecule has 1 heteroatoms. The fourth-order valence-electron chi connectivity index (χ4n) is 4.51. The lowest BCUT2D eigenvalue weighted by Crippen LogP contribution is -1.93. The van der Waals surface area contributed by atoms with Gasteiger partial charge in [-0.2, -0.15) is 0 Å². The molecule has 6 aromatic rings. The maximum Gasteiger partial charge on any atom is 0.0463 e. The van der Waals surface area contributed by atoms with E-state index in [1.807, 2.05) is 0 Å². The molecule has 0 radical (unpaired) electrons. The van der Waals surface area contributed by atoms with Gasteiger partial charge in [0, 0.05) is 16.9 Å². The lowest BCUT2D eigenvalue weighted by Gasteiger charge is -2.14. The number of fused-ring (bicyclic) bond motifs is 5. The van der Waals surface area contributed by atoms with Gasteiger partial charge in [0.2, 0.25) is 0 Å². The van der Waals surface area contributed by atoms with Gasteiger partial charge in [-0.15, -0.1) is 0 Å². The minimum absolute atomic E-state index is 1.09. The van der Waals surface area contributed by atoms with E-state index >= 15 is 0 Å². The topological polar surface area (TPSA) is 12.0 Å². The van der Waals surface area contributed by atoms with Crippen molar-refractivity contribution in [2.45, 2.75) is 0 Å². The van der Waals surface area contributed by atoms with Crippen LogP contribution in [0.15, 0.2) is 121 Å². The zero-order valence-corrected chi connectivity index (χ0v) is 17.0. The van der Waals surface area contributed by atoms with Crippen LogP contribution in [-0.2, 0) is 0 Å². The summed E-state index contributed by atoms with van der Waals surface area (Å²) >= 11 is 0. The van der Waals surface area contributed by atoms with E-state index in [0.29, 0.717) is 0 Å². The zero-order chi connectivity index (χ0) is 20.6. The molecule has 1 N–H and O–H groups in total. The van der Waals surface area contributed by atoms with Gasteiger partial charge in [0.1, 0.15) is 0 Å². The molecule has 31 heavy (non-hydrogen) atoms. The van der Waals surface area contributed by atoms with Crippen LogP contribution < -0.4 is 5.32 Å². The summed E-state index contributed by atoms with van der Waals surface area (Å²) in [5.74, 6) is 0. The SMILES string of the molecule is c1ccc(-c2ccccc2Nc2ccc3ccc4c5ccccc5ccc4c3c2)cc1. The van der Waals surface area contributed by atoms with Crippen molar-refractivity contribution >= 4 is 43.7 Å². The number of benzene rings is 6. The molecular formula is C30H21N. The number of rotatable bonds is 3. The Morgan fingerprint density at radius 1 is 0.419 bits per heavy atom. The molecule has 0 aliphatic heterocycles. The highest BCUT2D eigenvalue weighted by molar-refractivity contribution is 6.17. The Hall–Kier alpha value is -4.10. The zero-order valence-electron chi connectivity index (χ0n) is 17.0. The Balaban J connectivity index is 1.49. The van der Waals surface area contributed by atoms with Gasteiger partial charge in [-0.1, -0.05) is 103 Å². The van der Waals surface area contributed by atoms with E-state index in [0.717, 1.165) is 11.4 Å². The molecule has 0 spiro atoms. The molecule has 0 heterocycles. The number of anilines is 2. The fraction of sp³-hybridized carbons (Fsp3) is 0. The lowest BCUT2D eigenvalue weighted by atomic mass is 9.97. The van der Waals surface area contributed by atoms with Crippen molar-refractivity contribution < 1.29 is 0 Å². The molecule has 6 rings (SSSR count). The van der Waals surface area contributed by atoms with Crippen molar-refractivity contribution in [3.05, 3.63) is 121 Å². The van der Waals surface area contributed by atoms with Gasteiger partial charge in [-0.25, -0.2) is 0 Å². The first kappa shape index (κ1) is 17.7. The van der Waals surface area contributed by atoms with Crippen LogP contribution in [0.2, 0.25) is 0 Å². The summed E-state index contributed by atoms with van der Waals surface area (Å²) in [5, 5.41) is 11.4. The molecule has 0 bridgehead atoms. The molecule has 146 valence electrons. The molecule has 0 fully saturated rings. The molecule has 0 atom stereocenters. The molecule has 0 unspecified atom stereocenters. The fourth-order valence-corrected chi connectivity index (χ4v) is 4.51. The van der Waals surface area contributed by atoms with Crippen molar-refractivity contribution in [3.8, 4) is 11.1 Å². The standard InChI is InChI=1S/C30H21N/c1-2-8-21(9-3-1)26-12-6-7-13-30(26)31-24-17-14-23-16-18-27-25-11-5-4-10-22(25)15-19-28(27)29(23)20-24/h1-20,31H. The quantitative estimate of drug-likeness (QED) is 0.296. The molecular weight excluding hydrogens is 374 g/mol. The summed E-state index contributed by atoms with van der Waals surface area (Å²) in [6, 6.07) is 43.2. The van der Waals surface area contributed by atoms with E-state index in [-0.39, 0.29) is 0 Å². The van der Waals surface area contributed by atoms with Crippen LogP contribution in [-0.4, -0.2) is 0 Å². The molecule has 1 nitrogen and oxygen atoms in total. The molecule has 0 saturated carbocycles. The van der Waals surface area contributed by atoms with Gasteiger partial charge in [0.25, 0.3) is 0 Å². The predicted molar refractivity (Wildman–Crippen MR) is 134 cm³/mol. The molecule has 0 saturated heterocycles. The molecule has 0 aliphatic carbocycles. The largest absolute Gasteiger partial charge is 0.355 e. The summed E-state index contributed by atoms with van der Waals surface area (Å²) in [4.78, 5) is 0. The van der Waals surface area contributed by atoms with E-state index in [4.69, 9.17) is 0 Å². The van der Waals surface area contributed by atoms with Gasteiger partial charge < -0.3 is 5.32 Å². The smallest absolute Gasteiger partial charge is 0.0463 e. The van der Waals surface area contributed by atoms with Gasteiger partial charge in [-0.05, 0) is 56.1 Å². The highest BCUT2D eigenvalue weighted by atomic mass is 14.9. The van der Waals surface area contributed by atoms with Gasteiger partial charge >= 0.3 is 0 Å². The van der Waals surface area contributed by atoms with E-state index in [1.54, 1.807) is 0 Å². The maximum atomic E-state index is 3.67. The van der Waals surface area contributed by atoms with Gasteiger partial charge in [0.15, 0.2) is 0 Å². The summed E-state index contributed by atoms with van der Waals surface area (Å²) in [6.07, 6.45) is 0. The summed E-state index contributed by atoms with van der Waals surface area (Å²) in [6.45, 7) is 0. The number of nitrogens with one attached hydrogen (secondary N) is 1. The minimum atomic E-state index is 1.09. The van der Waals surface area contributed by atoms with Crippen molar-refractivity contribution in [2.75, 3.05) is 5.32 Å². The van der Waals surface area contributed by atoms with E-state index in [9.17, 15) is 0 Å². The first-order valence-corrected chi connectivity index (χ1v) is 10.6.